The van der Waals surface area contributed by atoms with Gasteiger partial charge in [-0.2, -0.15) is 0 Å². The Kier molecular flexibility index (Phi) is 6.45. The van der Waals surface area contributed by atoms with Gasteiger partial charge in [-0.05, 0) is 24.6 Å². The first-order valence-corrected chi connectivity index (χ1v) is 11.9. The van der Waals surface area contributed by atoms with E-state index < -0.39 is 0 Å². The normalized spacial score (nSPS) is 16.7. The van der Waals surface area contributed by atoms with Gasteiger partial charge >= 0.3 is 0 Å². The lowest BCUT2D eigenvalue weighted by molar-refractivity contribution is -0.130. The van der Waals surface area contributed by atoms with Crippen LogP contribution in [0.1, 0.15) is 21.5 Å². The van der Waals surface area contributed by atoms with Crippen LogP contribution in [-0.4, -0.2) is 79.1 Å². The van der Waals surface area contributed by atoms with Crippen molar-refractivity contribution in [2.24, 2.45) is 0 Å². The third kappa shape index (κ3) is 4.75. The fraction of sp³-hybridized carbons (Fsp3) is 0.370. The first-order valence-electron chi connectivity index (χ1n) is 11.9. The van der Waals surface area contributed by atoms with Crippen molar-refractivity contribution in [1.29, 1.82) is 0 Å². The number of aryl methyl sites for hydroxylation is 1. The average Bonchev–Trinajstić information content (AvgIpc) is 2.89. The van der Waals surface area contributed by atoms with Crippen LogP contribution in [0.3, 0.4) is 0 Å². The summed E-state index contributed by atoms with van der Waals surface area (Å²) < 4.78 is 5.42. The molecule has 2 saturated heterocycles. The van der Waals surface area contributed by atoms with Gasteiger partial charge in [0.2, 0.25) is 5.91 Å². The second-order valence-corrected chi connectivity index (χ2v) is 8.98. The molecule has 3 aromatic rings. The molecule has 0 N–H and O–H groups in total. The lowest BCUT2D eigenvalue weighted by Gasteiger charge is -2.36. The fourth-order valence-corrected chi connectivity index (χ4v) is 4.61. The van der Waals surface area contributed by atoms with Gasteiger partial charge in [0.15, 0.2) is 0 Å². The van der Waals surface area contributed by atoms with E-state index in [1.807, 2.05) is 71.3 Å². The van der Waals surface area contributed by atoms with Crippen molar-refractivity contribution in [3.63, 3.8) is 0 Å². The number of carbonyl (C=O) groups excluding carboxylic acids is 2. The molecule has 5 rings (SSSR count). The molecular formula is C27H30N4O3. The van der Waals surface area contributed by atoms with Crippen molar-refractivity contribution in [3.8, 4) is 0 Å². The molecule has 2 aliphatic rings. The number of fused-ring (bicyclic) bond motifs is 1. The number of hydrogen-bond donors (Lipinski definition) is 0. The van der Waals surface area contributed by atoms with Crippen molar-refractivity contribution in [2.45, 2.75) is 13.3 Å². The van der Waals surface area contributed by atoms with Gasteiger partial charge in [0.05, 0.1) is 30.7 Å². The summed E-state index contributed by atoms with van der Waals surface area (Å²) in [5.41, 5.74) is 3.73. The smallest absolute Gasteiger partial charge is 0.254 e. The van der Waals surface area contributed by atoms with E-state index in [9.17, 15) is 9.59 Å². The van der Waals surface area contributed by atoms with E-state index in [2.05, 4.69) is 4.90 Å². The van der Waals surface area contributed by atoms with E-state index in [0.29, 0.717) is 64.5 Å². The summed E-state index contributed by atoms with van der Waals surface area (Å²) >= 11 is 0. The number of benzene rings is 2. The first-order chi connectivity index (χ1) is 16.6. The molecule has 0 unspecified atom stereocenters. The molecule has 0 bridgehead atoms. The van der Waals surface area contributed by atoms with Crippen LogP contribution in [0.25, 0.3) is 10.9 Å². The number of nitrogens with zero attached hydrogens (tertiary/aromatic N) is 4. The Morgan fingerprint density at radius 1 is 0.882 bits per heavy atom. The Bertz CT molecular complexity index is 1180. The molecule has 7 nitrogen and oxygen atoms in total. The molecule has 0 atom stereocenters. The van der Waals surface area contributed by atoms with Crippen LogP contribution in [0.2, 0.25) is 0 Å². The van der Waals surface area contributed by atoms with E-state index in [0.717, 1.165) is 22.3 Å². The average molecular weight is 459 g/mol. The fourth-order valence-electron chi connectivity index (χ4n) is 4.61. The summed E-state index contributed by atoms with van der Waals surface area (Å²) in [6.45, 7) is 7.06. The lowest BCUT2D eigenvalue weighted by atomic mass is 10.1. The minimum Gasteiger partial charge on any atom is -0.378 e. The summed E-state index contributed by atoms with van der Waals surface area (Å²) in [6.07, 6.45) is 0.423. The molecule has 0 radical (unpaired) electrons. The van der Waals surface area contributed by atoms with Crippen molar-refractivity contribution in [2.75, 3.05) is 57.4 Å². The van der Waals surface area contributed by atoms with Gasteiger partial charge in [-0.25, -0.2) is 4.98 Å². The maximum absolute atomic E-state index is 13.4. The van der Waals surface area contributed by atoms with Crippen molar-refractivity contribution < 1.29 is 14.3 Å². The number of pyridine rings is 1. The molecule has 176 valence electrons. The lowest BCUT2D eigenvalue weighted by Crippen LogP contribution is -2.49. The number of amides is 2. The van der Waals surface area contributed by atoms with E-state index in [4.69, 9.17) is 9.72 Å². The molecule has 0 aliphatic carbocycles. The van der Waals surface area contributed by atoms with E-state index in [1.54, 1.807) is 0 Å². The highest BCUT2D eigenvalue weighted by Gasteiger charge is 2.25. The summed E-state index contributed by atoms with van der Waals surface area (Å²) in [7, 11) is 0. The van der Waals surface area contributed by atoms with Gasteiger partial charge < -0.3 is 19.4 Å². The zero-order valence-electron chi connectivity index (χ0n) is 19.6. The number of para-hydroxylation sites is 1. The molecule has 34 heavy (non-hydrogen) atoms. The highest BCUT2D eigenvalue weighted by molar-refractivity contribution is 6.07. The van der Waals surface area contributed by atoms with Crippen molar-refractivity contribution >= 4 is 28.5 Å². The van der Waals surface area contributed by atoms with Crippen molar-refractivity contribution in [3.05, 3.63) is 71.3 Å². The molecule has 0 spiro atoms. The van der Waals surface area contributed by atoms with Gasteiger partial charge in [0, 0.05) is 44.7 Å². The standard InChI is InChI=1S/C27H30N4O3/c1-20-6-8-21(9-7-20)18-26(32)30-12-10-29(11-13-30)25-19-23(22-4-2-3-5-24(22)28-25)27(33)31-14-16-34-17-15-31/h2-9,19H,10-18H2,1H3. The zero-order chi connectivity index (χ0) is 23.5. The van der Waals surface area contributed by atoms with E-state index in [1.165, 1.54) is 5.56 Å². The molecule has 7 heteroatoms. The minimum absolute atomic E-state index is 0.0232. The Hall–Kier alpha value is -3.45. The molecule has 2 fully saturated rings. The monoisotopic (exact) mass is 458 g/mol. The van der Waals surface area contributed by atoms with Gasteiger partial charge in [-0.15, -0.1) is 0 Å². The van der Waals surface area contributed by atoms with Gasteiger partial charge in [0.25, 0.3) is 5.91 Å². The second-order valence-electron chi connectivity index (χ2n) is 8.98. The first kappa shape index (κ1) is 22.3. The number of ether oxygens (including phenoxy) is 1. The number of carbonyl (C=O) groups is 2. The number of morpholine rings is 1. The third-order valence-corrected chi connectivity index (χ3v) is 6.66. The summed E-state index contributed by atoms with van der Waals surface area (Å²) in [5.74, 6) is 0.967. The molecule has 2 aromatic carbocycles. The van der Waals surface area contributed by atoms with Gasteiger partial charge in [-0.3, -0.25) is 9.59 Å². The van der Waals surface area contributed by atoms with Crippen LogP contribution >= 0.6 is 0 Å². The quantitative estimate of drug-likeness (QED) is 0.602. The van der Waals surface area contributed by atoms with Crippen LogP contribution in [0.15, 0.2) is 54.6 Å². The molecule has 1 aromatic heterocycles. The second kappa shape index (κ2) is 9.81. The molecule has 3 heterocycles. The summed E-state index contributed by atoms with van der Waals surface area (Å²) in [4.78, 5) is 37.0. The van der Waals surface area contributed by atoms with Crippen LogP contribution in [-0.2, 0) is 16.0 Å². The molecular weight excluding hydrogens is 428 g/mol. The predicted octanol–water partition coefficient (Wildman–Crippen LogP) is 2.91. The van der Waals surface area contributed by atoms with Crippen LogP contribution < -0.4 is 4.90 Å². The topological polar surface area (TPSA) is 66.0 Å². The Labute approximate surface area is 199 Å². The SMILES string of the molecule is Cc1ccc(CC(=O)N2CCN(c3cc(C(=O)N4CCOCC4)c4ccccc4n3)CC2)cc1. The summed E-state index contributed by atoms with van der Waals surface area (Å²) in [5, 5.41) is 0.870. The van der Waals surface area contributed by atoms with Crippen LogP contribution in [0.5, 0.6) is 0 Å². The Balaban J connectivity index is 1.31. The van der Waals surface area contributed by atoms with Gasteiger partial charge in [0.1, 0.15) is 5.82 Å². The molecule has 2 amide bonds. The summed E-state index contributed by atoms with van der Waals surface area (Å²) in [6, 6.07) is 17.9. The van der Waals surface area contributed by atoms with E-state index in [-0.39, 0.29) is 11.8 Å². The number of rotatable bonds is 4. The predicted molar refractivity (Wildman–Crippen MR) is 132 cm³/mol. The van der Waals surface area contributed by atoms with Crippen LogP contribution in [0, 0.1) is 6.92 Å². The largest absolute Gasteiger partial charge is 0.378 e. The number of hydrogen-bond acceptors (Lipinski definition) is 5. The number of aromatic nitrogens is 1. The van der Waals surface area contributed by atoms with Gasteiger partial charge in [-0.1, -0.05) is 48.0 Å². The highest BCUT2D eigenvalue weighted by Crippen LogP contribution is 2.25. The maximum atomic E-state index is 13.4. The van der Waals surface area contributed by atoms with Crippen molar-refractivity contribution in [1.82, 2.24) is 14.8 Å². The van der Waals surface area contributed by atoms with Crippen LogP contribution in [0.4, 0.5) is 5.82 Å². The molecule has 2 aliphatic heterocycles. The Morgan fingerprint density at radius 2 is 1.59 bits per heavy atom. The third-order valence-electron chi connectivity index (χ3n) is 6.66. The Morgan fingerprint density at radius 3 is 2.32 bits per heavy atom. The number of anilines is 1. The minimum atomic E-state index is 0.0232. The zero-order valence-corrected chi connectivity index (χ0v) is 19.6. The molecule has 0 saturated carbocycles. The maximum Gasteiger partial charge on any atom is 0.254 e. The highest BCUT2D eigenvalue weighted by atomic mass is 16.5. The number of piperazine rings is 1. The van der Waals surface area contributed by atoms with E-state index >= 15 is 0 Å².